The molecular weight excluding hydrogens is 390 g/mol. The quantitative estimate of drug-likeness (QED) is 0.516. The van der Waals surface area contributed by atoms with E-state index in [1.807, 2.05) is 34.9 Å². The second-order valence-corrected chi connectivity index (χ2v) is 8.23. The van der Waals surface area contributed by atoms with Gasteiger partial charge in [0.2, 0.25) is 5.95 Å². The number of anilines is 2. The van der Waals surface area contributed by atoms with Crippen molar-refractivity contribution in [2.45, 2.75) is 33.4 Å². The average molecular weight is 415 g/mol. The van der Waals surface area contributed by atoms with Crippen molar-refractivity contribution in [3.63, 3.8) is 0 Å². The number of benzene rings is 2. The SMILES string of the molecule is Cc1ccc(N2CCCn3c2nc2c3c(=O)n(Cc3ccccc3)c(=O)n2C)cc1C. The van der Waals surface area contributed by atoms with Gasteiger partial charge in [-0.3, -0.25) is 13.9 Å². The third-order valence-electron chi connectivity index (χ3n) is 6.20. The molecule has 31 heavy (non-hydrogen) atoms. The summed E-state index contributed by atoms with van der Waals surface area (Å²) in [4.78, 5) is 33.4. The second-order valence-electron chi connectivity index (χ2n) is 8.23. The molecule has 4 aromatic rings. The van der Waals surface area contributed by atoms with E-state index in [-0.39, 0.29) is 17.8 Å². The van der Waals surface area contributed by atoms with Crippen LogP contribution in [0.25, 0.3) is 11.2 Å². The molecule has 0 saturated heterocycles. The highest BCUT2D eigenvalue weighted by atomic mass is 16.2. The number of nitrogens with zero attached hydrogens (tertiary/aromatic N) is 5. The second kappa shape index (κ2) is 7.27. The number of fused-ring (bicyclic) bond motifs is 3. The summed E-state index contributed by atoms with van der Waals surface area (Å²) >= 11 is 0. The first kappa shape index (κ1) is 19.4. The third-order valence-corrected chi connectivity index (χ3v) is 6.20. The minimum atomic E-state index is -0.352. The number of hydrogen-bond acceptors (Lipinski definition) is 4. The zero-order valence-electron chi connectivity index (χ0n) is 18.0. The smallest absolute Gasteiger partial charge is 0.312 e. The first-order chi connectivity index (χ1) is 15.0. The maximum atomic E-state index is 13.5. The third kappa shape index (κ3) is 3.08. The average Bonchev–Trinajstić information content (AvgIpc) is 3.18. The van der Waals surface area contributed by atoms with Crippen LogP contribution in [-0.4, -0.2) is 25.2 Å². The summed E-state index contributed by atoms with van der Waals surface area (Å²) < 4.78 is 4.77. The van der Waals surface area contributed by atoms with Crippen molar-refractivity contribution in [2.24, 2.45) is 7.05 Å². The maximum absolute atomic E-state index is 13.5. The van der Waals surface area contributed by atoms with Gasteiger partial charge in [0.25, 0.3) is 5.56 Å². The lowest BCUT2D eigenvalue weighted by Gasteiger charge is -2.29. The van der Waals surface area contributed by atoms with Crippen LogP contribution in [0.2, 0.25) is 0 Å². The molecule has 0 amide bonds. The minimum absolute atomic E-state index is 0.240. The van der Waals surface area contributed by atoms with Crippen molar-refractivity contribution in [1.29, 1.82) is 0 Å². The Labute approximate surface area is 179 Å². The van der Waals surface area contributed by atoms with Crippen molar-refractivity contribution >= 4 is 22.8 Å². The maximum Gasteiger partial charge on any atom is 0.332 e. The largest absolute Gasteiger partial charge is 0.332 e. The highest BCUT2D eigenvalue weighted by Crippen LogP contribution is 2.31. The van der Waals surface area contributed by atoms with Gasteiger partial charge in [0.1, 0.15) is 0 Å². The van der Waals surface area contributed by atoms with Gasteiger partial charge in [-0.15, -0.1) is 0 Å². The van der Waals surface area contributed by atoms with E-state index in [1.54, 1.807) is 7.05 Å². The summed E-state index contributed by atoms with van der Waals surface area (Å²) in [5.74, 6) is 0.717. The number of hydrogen-bond donors (Lipinski definition) is 0. The molecule has 1 aliphatic rings. The summed E-state index contributed by atoms with van der Waals surface area (Å²) in [6.45, 7) is 5.95. The lowest BCUT2D eigenvalue weighted by Crippen LogP contribution is -2.40. The monoisotopic (exact) mass is 415 g/mol. The van der Waals surface area contributed by atoms with Gasteiger partial charge >= 0.3 is 5.69 Å². The normalized spacial score (nSPS) is 13.6. The molecule has 0 radical (unpaired) electrons. The molecule has 3 heterocycles. The molecular formula is C24H25N5O2. The van der Waals surface area contributed by atoms with E-state index in [9.17, 15) is 9.59 Å². The Morgan fingerprint density at radius 1 is 0.968 bits per heavy atom. The van der Waals surface area contributed by atoms with Crippen LogP contribution in [0.5, 0.6) is 0 Å². The van der Waals surface area contributed by atoms with Gasteiger partial charge in [0.15, 0.2) is 11.2 Å². The van der Waals surface area contributed by atoms with E-state index in [2.05, 4.69) is 36.9 Å². The van der Waals surface area contributed by atoms with Crippen molar-refractivity contribution in [3.8, 4) is 0 Å². The van der Waals surface area contributed by atoms with Gasteiger partial charge in [0.05, 0.1) is 6.54 Å². The van der Waals surface area contributed by atoms with Crippen molar-refractivity contribution < 1.29 is 0 Å². The lowest BCUT2D eigenvalue weighted by molar-refractivity contribution is 0.597. The Morgan fingerprint density at radius 3 is 2.48 bits per heavy atom. The molecule has 2 aromatic carbocycles. The van der Waals surface area contributed by atoms with Crippen LogP contribution >= 0.6 is 0 Å². The molecule has 0 atom stereocenters. The molecule has 158 valence electrons. The van der Waals surface area contributed by atoms with Gasteiger partial charge in [-0.25, -0.2) is 4.79 Å². The number of rotatable bonds is 3. The van der Waals surface area contributed by atoms with Crippen LogP contribution in [0.1, 0.15) is 23.1 Å². The molecule has 0 fully saturated rings. The molecule has 1 aliphatic heterocycles. The fraction of sp³-hybridized carbons (Fsp3) is 0.292. The van der Waals surface area contributed by atoms with Crippen LogP contribution in [0.4, 0.5) is 11.6 Å². The summed E-state index contributed by atoms with van der Waals surface area (Å²) in [5.41, 5.74) is 4.69. The minimum Gasteiger partial charge on any atom is -0.312 e. The predicted molar refractivity (Wildman–Crippen MR) is 122 cm³/mol. The van der Waals surface area contributed by atoms with E-state index in [0.29, 0.717) is 23.7 Å². The number of aryl methyl sites for hydroxylation is 4. The van der Waals surface area contributed by atoms with Gasteiger partial charge < -0.3 is 9.47 Å². The van der Waals surface area contributed by atoms with E-state index < -0.39 is 0 Å². The molecule has 0 unspecified atom stereocenters. The predicted octanol–water partition coefficient (Wildman–Crippen LogP) is 3.10. The summed E-state index contributed by atoms with van der Waals surface area (Å²) in [5, 5.41) is 0. The molecule has 5 rings (SSSR count). The lowest BCUT2D eigenvalue weighted by atomic mass is 10.1. The molecule has 7 nitrogen and oxygen atoms in total. The molecule has 0 spiro atoms. The molecule has 0 saturated carbocycles. The standard InChI is InChI=1S/C24H25N5O2/c1-16-10-11-19(14-17(16)2)27-12-7-13-28-20-21(25-23(27)28)26(3)24(31)29(22(20)30)15-18-8-5-4-6-9-18/h4-6,8-11,14H,7,12-13,15H2,1-3H3. The van der Waals surface area contributed by atoms with E-state index in [4.69, 9.17) is 4.98 Å². The zero-order valence-corrected chi connectivity index (χ0v) is 18.0. The van der Waals surface area contributed by atoms with Gasteiger partial charge in [0, 0.05) is 25.8 Å². The van der Waals surface area contributed by atoms with Crippen LogP contribution in [0.3, 0.4) is 0 Å². The summed E-state index contributed by atoms with van der Waals surface area (Å²) in [6.07, 6.45) is 0.895. The Hall–Kier alpha value is -3.61. The van der Waals surface area contributed by atoms with Crippen LogP contribution in [0, 0.1) is 13.8 Å². The zero-order chi connectivity index (χ0) is 21.7. The summed E-state index contributed by atoms with van der Waals surface area (Å²) in [7, 11) is 1.69. The van der Waals surface area contributed by atoms with Crippen molar-refractivity contribution in [1.82, 2.24) is 18.7 Å². The summed E-state index contributed by atoms with van der Waals surface area (Å²) in [6, 6.07) is 15.9. The van der Waals surface area contributed by atoms with E-state index in [0.717, 1.165) is 24.2 Å². The highest BCUT2D eigenvalue weighted by Gasteiger charge is 2.27. The van der Waals surface area contributed by atoms with Gasteiger partial charge in [-0.2, -0.15) is 4.98 Å². The Morgan fingerprint density at radius 2 is 1.74 bits per heavy atom. The Kier molecular flexibility index (Phi) is 4.54. The highest BCUT2D eigenvalue weighted by molar-refractivity contribution is 5.77. The first-order valence-corrected chi connectivity index (χ1v) is 10.5. The van der Waals surface area contributed by atoms with Gasteiger partial charge in [-0.1, -0.05) is 36.4 Å². The molecule has 0 bridgehead atoms. The number of imidazole rings is 1. The van der Waals surface area contributed by atoms with Crippen molar-refractivity contribution in [2.75, 3.05) is 11.4 Å². The molecule has 7 heteroatoms. The van der Waals surface area contributed by atoms with Crippen LogP contribution in [-0.2, 0) is 20.1 Å². The van der Waals surface area contributed by atoms with Gasteiger partial charge in [-0.05, 0) is 49.1 Å². The topological polar surface area (TPSA) is 65.1 Å². The molecule has 2 aromatic heterocycles. The Bertz CT molecular complexity index is 1410. The molecule has 0 aliphatic carbocycles. The van der Waals surface area contributed by atoms with E-state index in [1.165, 1.54) is 20.3 Å². The van der Waals surface area contributed by atoms with Crippen LogP contribution < -0.4 is 16.1 Å². The fourth-order valence-electron chi connectivity index (χ4n) is 4.31. The van der Waals surface area contributed by atoms with E-state index >= 15 is 0 Å². The number of aromatic nitrogens is 4. The first-order valence-electron chi connectivity index (χ1n) is 10.5. The Balaban J connectivity index is 1.71. The molecule has 0 N–H and O–H groups in total. The van der Waals surface area contributed by atoms with Crippen LogP contribution in [0.15, 0.2) is 58.1 Å². The fourth-order valence-corrected chi connectivity index (χ4v) is 4.31. The van der Waals surface area contributed by atoms with Crippen molar-refractivity contribution in [3.05, 3.63) is 86.1 Å².